The van der Waals surface area contributed by atoms with E-state index < -0.39 is 17.7 Å². The van der Waals surface area contributed by atoms with Crippen molar-refractivity contribution in [2.45, 2.75) is 19.5 Å². The largest absolute Gasteiger partial charge is 0.507 e. The topological polar surface area (TPSA) is 70.1 Å². The molecule has 1 saturated heterocycles. The number of halogens is 1. The fourth-order valence-corrected chi connectivity index (χ4v) is 4.47. The fourth-order valence-electron chi connectivity index (χ4n) is 4.20. The zero-order chi connectivity index (χ0) is 25.1. The monoisotopic (exact) mass is 534 g/mol. The minimum atomic E-state index is -0.731. The zero-order valence-corrected chi connectivity index (χ0v) is 21.5. The van der Waals surface area contributed by atoms with Gasteiger partial charge in [-0.05, 0) is 54.4 Å². The van der Waals surface area contributed by atoms with Gasteiger partial charge in [-0.3, -0.25) is 9.59 Å². The molecule has 0 saturated carbocycles. The number of carbonyl (C=O) groups is 2. The summed E-state index contributed by atoms with van der Waals surface area (Å²) in [5.74, 6) is -0.841. The molecule has 4 rings (SSSR count). The molecule has 1 heterocycles. The number of Topliss-reactive ketones (excluding diaryl/α,β-unsaturated/α-hetero) is 1. The average molecular weight is 535 g/mol. The van der Waals surface area contributed by atoms with Crippen LogP contribution in [0.15, 0.2) is 82.8 Å². The second-order valence-electron chi connectivity index (χ2n) is 8.50. The van der Waals surface area contributed by atoms with E-state index in [1.165, 1.54) is 4.90 Å². The maximum absolute atomic E-state index is 13.3. The number of likely N-dealkylation sites (tertiary alicyclic amines) is 1. The van der Waals surface area contributed by atoms with E-state index in [1.807, 2.05) is 74.4 Å². The summed E-state index contributed by atoms with van der Waals surface area (Å²) in [6.45, 7) is 2.63. The van der Waals surface area contributed by atoms with Crippen LogP contribution in [0.4, 0.5) is 5.69 Å². The first-order valence-corrected chi connectivity index (χ1v) is 12.1. The molecule has 0 radical (unpaired) electrons. The van der Waals surface area contributed by atoms with Crippen LogP contribution in [0.25, 0.3) is 5.76 Å². The van der Waals surface area contributed by atoms with Gasteiger partial charge in [0.1, 0.15) is 11.5 Å². The lowest BCUT2D eigenvalue weighted by Crippen LogP contribution is -2.29. The second kappa shape index (κ2) is 10.4. The summed E-state index contributed by atoms with van der Waals surface area (Å²) in [5, 5.41) is 11.2. The first kappa shape index (κ1) is 24.5. The van der Waals surface area contributed by atoms with E-state index in [4.69, 9.17) is 4.74 Å². The normalized spacial score (nSPS) is 17.0. The van der Waals surface area contributed by atoms with Gasteiger partial charge < -0.3 is 19.6 Å². The number of rotatable bonds is 7. The lowest BCUT2D eigenvalue weighted by molar-refractivity contribution is -0.140. The SMILES string of the molecule is CCOc1cccc(CN2C(=O)C(=O)/C(=C(\O)c3ccc(Br)cc3)C2c2ccc(N(C)C)cc2)c1. The molecule has 1 aliphatic rings. The zero-order valence-electron chi connectivity index (χ0n) is 19.9. The molecule has 7 heteroatoms. The summed E-state index contributed by atoms with van der Waals surface area (Å²) in [6.07, 6.45) is 0. The minimum Gasteiger partial charge on any atom is -0.507 e. The Morgan fingerprint density at radius 3 is 2.34 bits per heavy atom. The van der Waals surface area contributed by atoms with E-state index in [1.54, 1.807) is 24.3 Å². The molecule has 0 aliphatic carbocycles. The minimum absolute atomic E-state index is 0.0795. The van der Waals surface area contributed by atoms with Crippen LogP contribution in [-0.2, 0) is 16.1 Å². The number of aliphatic hydroxyl groups is 1. The van der Waals surface area contributed by atoms with Crippen LogP contribution in [0.1, 0.15) is 29.7 Å². The molecule has 1 N–H and O–H groups in total. The maximum Gasteiger partial charge on any atom is 0.295 e. The molecule has 0 bridgehead atoms. The van der Waals surface area contributed by atoms with Crippen LogP contribution in [0.5, 0.6) is 5.75 Å². The molecule has 3 aromatic rings. The van der Waals surface area contributed by atoms with Gasteiger partial charge in [0.05, 0.1) is 18.2 Å². The molecule has 180 valence electrons. The lowest BCUT2D eigenvalue weighted by atomic mass is 9.95. The number of ketones is 1. The molecule has 3 aromatic carbocycles. The Hall–Kier alpha value is -3.58. The van der Waals surface area contributed by atoms with Crippen molar-refractivity contribution in [2.75, 3.05) is 25.6 Å². The van der Waals surface area contributed by atoms with Gasteiger partial charge in [-0.1, -0.05) is 52.3 Å². The molecule has 1 amide bonds. The van der Waals surface area contributed by atoms with E-state index >= 15 is 0 Å². The Labute approximate surface area is 213 Å². The summed E-state index contributed by atoms with van der Waals surface area (Å²) in [4.78, 5) is 30.0. The number of hydrogen-bond donors (Lipinski definition) is 1. The molecule has 6 nitrogen and oxygen atoms in total. The molecular formula is C28H27BrN2O4. The van der Waals surface area contributed by atoms with Crippen molar-refractivity contribution in [3.8, 4) is 5.75 Å². The van der Waals surface area contributed by atoms with Crippen LogP contribution in [0.3, 0.4) is 0 Å². The van der Waals surface area contributed by atoms with Gasteiger partial charge in [0.2, 0.25) is 0 Å². The second-order valence-corrected chi connectivity index (χ2v) is 9.42. The lowest BCUT2D eigenvalue weighted by Gasteiger charge is -2.26. The Morgan fingerprint density at radius 2 is 1.71 bits per heavy atom. The van der Waals surface area contributed by atoms with Crippen molar-refractivity contribution < 1.29 is 19.4 Å². The van der Waals surface area contributed by atoms with Gasteiger partial charge >= 0.3 is 0 Å². The van der Waals surface area contributed by atoms with Crippen molar-refractivity contribution in [3.05, 3.63) is 99.5 Å². The van der Waals surface area contributed by atoms with Crippen LogP contribution in [0, 0.1) is 0 Å². The van der Waals surface area contributed by atoms with E-state index in [-0.39, 0.29) is 17.9 Å². The van der Waals surface area contributed by atoms with E-state index in [9.17, 15) is 14.7 Å². The van der Waals surface area contributed by atoms with Gasteiger partial charge in [0.25, 0.3) is 11.7 Å². The highest BCUT2D eigenvalue weighted by Gasteiger charge is 2.46. The molecule has 1 unspecified atom stereocenters. The smallest absolute Gasteiger partial charge is 0.295 e. The summed E-state index contributed by atoms with van der Waals surface area (Å²) < 4.78 is 6.45. The Morgan fingerprint density at radius 1 is 1.03 bits per heavy atom. The highest BCUT2D eigenvalue weighted by atomic mass is 79.9. The Bertz CT molecular complexity index is 1270. The molecule has 1 fully saturated rings. The maximum atomic E-state index is 13.3. The standard InChI is InChI=1S/C28H27BrN2O4/c1-4-35-23-7-5-6-18(16-23)17-31-25(19-10-14-22(15-11-19)30(2)3)24(27(33)28(31)34)26(32)20-8-12-21(29)13-9-20/h5-16,25,32H,4,17H2,1-3H3/b26-24-. The number of anilines is 1. The summed E-state index contributed by atoms with van der Waals surface area (Å²) in [5.41, 5.74) is 3.11. The van der Waals surface area contributed by atoms with Crippen molar-refractivity contribution in [3.63, 3.8) is 0 Å². The van der Waals surface area contributed by atoms with E-state index in [2.05, 4.69) is 15.9 Å². The average Bonchev–Trinajstić information content (AvgIpc) is 3.09. The van der Waals surface area contributed by atoms with Gasteiger partial charge in [0, 0.05) is 36.4 Å². The van der Waals surface area contributed by atoms with Gasteiger partial charge in [-0.2, -0.15) is 0 Å². The molecule has 0 spiro atoms. The van der Waals surface area contributed by atoms with Crippen molar-refractivity contribution >= 4 is 39.1 Å². The number of ether oxygens (including phenoxy) is 1. The van der Waals surface area contributed by atoms with Crippen LogP contribution in [-0.4, -0.2) is 42.4 Å². The fraction of sp³-hybridized carbons (Fsp3) is 0.214. The highest BCUT2D eigenvalue weighted by Crippen LogP contribution is 2.41. The molecule has 1 atom stereocenters. The summed E-state index contributed by atoms with van der Waals surface area (Å²) in [7, 11) is 3.89. The van der Waals surface area contributed by atoms with Gasteiger partial charge in [0.15, 0.2) is 0 Å². The van der Waals surface area contributed by atoms with Crippen molar-refractivity contribution in [1.82, 2.24) is 4.90 Å². The third-order valence-corrected chi connectivity index (χ3v) is 6.47. The number of aliphatic hydroxyl groups excluding tert-OH is 1. The third-order valence-electron chi connectivity index (χ3n) is 5.95. The number of carbonyl (C=O) groups excluding carboxylic acids is 2. The van der Waals surface area contributed by atoms with Gasteiger partial charge in [-0.15, -0.1) is 0 Å². The van der Waals surface area contributed by atoms with Crippen LogP contribution in [0.2, 0.25) is 0 Å². The van der Waals surface area contributed by atoms with Crippen molar-refractivity contribution in [2.24, 2.45) is 0 Å². The third kappa shape index (κ3) is 5.10. The predicted molar refractivity (Wildman–Crippen MR) is 140 cm³/mol. The summed E-state index contributed by atoms with van der Waals surface area (Å²) >= 11 is 3.39. The summed E-state index contributed by atoms with van der Waals surface area (Å²) in [6, 6.07) is 21.4. The number of nitrogens with zero attached hydrogens (tertiary/aromatic N) is 2. The van der Waals surface area contributed by atoms with Gasteiger partial charge in [-0.25, -0.2) is 0 Å². The molecule has 1 aliphatic heterocycles. The predicted octanol–water partition coefficient (Wildman–Crippen LogP) is 5.54. The van der Waals surface area contributed by atoms with Crippen LogP contribution < -0.4 is 9.64 Å². The number of hydrogen-bond acceptors (Lipinski definition) is 5. The van der Waals surface area contributed by atoms with Crippen LogP contribution >= 0.6 is 15.9 Å². The molecule has 35 heavy (non-hydrogen) atoms. The van der Waals surface area contributed by atoms with E-state index in [0.29, 0.717) is 17.9 Å². The first-order valence-electron chi connectivity index (χ1n) is 11.3. The molecular weight excluding hydrogens is 508 g/mol. The van der Waals surface area contributed by atoms with Crippen molar-refractivity contribution in [1.29, 1.82) is 0 Å². The Balaban J connectivity index is 1.82. The Kier molecular flexibility index (Phi) is 7.26. The number of benzene rings is 3. The molecule has 0 aromatic heterocycles. The number of amides is 1. The first-order chi connectivity index (χ1) is 16.8. The highest BCUT2D eigenvalue weighted by molar-refractivity contribution is 9.10. The quantitative estimate of drug-likeness (QED) is 0.245. The van der Waals surface area contributed by atoms with E-state index in [0.717, 1.165) is 21.3 Å².